The molecule has 0 amide bonds. The third-order valence-electron chi connectivity index (χ3n) is 4.81. The van der Waals surface area contributed by atoms with Crippen molar-refractivity contribution < 1.29 is 35.9 Å². The van der Waals surface area contributed by atoms with E-state index in [2.05, 4.69) is 9.97 Å². The zero-order valence-electron chi connectivity index (χ0n) is 16.9. The van der Waals surface area contributed by atoms with Crippen LogP contribution < -0.4 is 5.63 Å². The molecule has 0 spiro atoms. The minimum Gasteiger partial charge on any atom is -0.423 e. The summed E-state index contributed by atoms with van der Waals surface area (Å²) in [5, 5.41) is 10.1. The second-order valence-corrected chi connectivity index (χ2v) is 9.48. The first-order valence-corrected chi connectivity index (χ1v) is 10.9. The van der Waals surface area contributed by atoms with Crippen LogP contribution >= 0.6 is 23.1 Å². The summed E-state index contributed by atoms with van der Waals surface area (Å²) in [5.74, 6) is 0. The summed E-state index contributed by atoms with van der Waals surface area (Å²) >= 11 is 0.817. The van der Waals surface area contributed by atoms with Gasteiger partial charge in [-0.1, -0.05) is 17.8 Å². The van der Waals surface area contributed by atoms with Gasteiger partial charge < -0.3 is 9.52 Å². The van der Waals surface area contributed by atoms with Crippen LogP contribution in [-0.2, 0) is 5.60 Å². The molecular weight excluding hydrogens is 506 g/mol. The molecule has 1 N–H and O–H groups in total. The number of hydrogen-bond donors (Lipinski definition) is 1. The van der Waals surface area contributed by atoms with Crippen molar-refractivity contribution in [3.63, 3.8) is 0 Å². The number of rotatable bonds is 4. The summed E-state index contributed by atoms with van der Waals surface area (Å²) in [6.45, 7) is 1.80. The van der Waals surface area contributed by atoms with Crippen molar-refractivity contribution in [1.29, 1.82) is 0 Å². The Morgan fingerprint density at radius 3 is 2.29 bits per heavy atom. The molecule has 0 bridgehead atoms. The number of hydrogen-bond acceptors (Lipinski definition) is 7. The average Bonchev–Trinajstić information content (AvgIpc) is 3.20. The second-order valence-electron chi connectivity index (χ2n) is 7.12. The normalized spacial score (nSPS) is 12.9. The number of aromatic nitrogens is 2. The molecule has 4 aromatic rings. The molecule has 0 atom stereocenters. The maximum atomic E-state index is 13.1. The number of thiazole rings is 1. The summed E-state index contributed by atoms with van der Waals surface area (Å²) in [5.41, 5.74) is -3.54. The first-order valence-electron chi connectivity index (χ1n) is 9.30. The smallest absolute Gasteiger partial charge is 0.423 e. The van der Waals surface area contributed by atoms with Crippen LogP contribution in [0.25, 0.3) is 22.1 Å². The highest BCUT2D eigenvalue weighted by atomic mass is 32.2. The van der Waals surface area contributed by atoms with Crippen molar-refractivity contribution in [2.75, 3.05) is 0 Å². The molecule has 1 aromatic carbocycles. The van der Waals surface area contributed by atoms with Gasteiger partial charge in [0.25, 0.3) is 5.60 Å². The van der Waals surface area contributed by atoms with Gasteiger partial charge in [0.05, 0.1) is 4.88 Å². The molecule has 13 heteroatoms. The average molecular weight is 518 g/mol. The van der Waals surface area contributed by atoms with Gasteiger partial charge >= 0.3 is 18.0 Å². The fourth-order valence-electron chi connectivity index (χ4n) is 3.09. The van der Waals surface area contributed by atoms with Gasteiger partial charge in [-0.15, -0.1) is 11.3 Å². The maximum absolute atomic E-state index is 13.1. The van der Waals surface area contributed by atoms with Gasteiger partial charge in [-0.05, 0) is 31.2 Å². The third-order valence-corrected chi connectivity index (χ3v) is 6.98. The summed E-state index contributed by atoms with van der Waals surface area (Å²) < 4.78 is 83.6. The third kappa shape index (κ3) is 4.30. The zero-order chi connectivity index (χ0) is 24.9. The van der Waals surface area contributed by atoms with Crippen molar-refractivity contribution in [2.45, 2.75) is 34.1 Å². The SMILES string of the molecule is Cc1ccc(-c2cc(=O)oc3cc(Sc4ncc(C(O)(C(F)(F)F)C(F)(F)F)s4)ccc23)cn1. The van der Waals surface area contributed by atoms with E-state index in [-0.39, 0.29) is 21.3 Å². The Labute approximate surface area is 195 Å². The lowest BCUT2D eigenvalue weighted by Crippen LogP contribution is -2.53. The molecule has 0 saturated heterocycles. The molecule has 0 unspecified atom stereocenters. The van der Waals surface area contributed by atoms with Gasteiger partial charge in [0.2, 0.25) is 0 Å². The Balaban J connectivity index is 1.70. The van der Waals surface area contributed by atoms with E-state index in [4.69, 9.17) is 4.42 Å². The summed E-state index contributed by atoms with van der Waals surface area (Å²) in [7, 11) is 0. The highest BCUT2D eigenvalue weighted by Crippen LogP contribution is 2.52. The van der Waals surface area contributed by atoms with Crippen molar-refractivity contribution >= 4 is 34.1 Å². The number of fused-ring (bicyclic) bond motifs is 1. The molecule has 178 valence electrons. The molecule has 0 fully saturated rings. The van der Waals surface area contributed by atoms with Gasteiger partial charge in [0.15, 0.2) is 4.34 Å². The summed E-state index contributed by atoms with van der Waals surface area (Å²) in [6, 6.07) is 9.42. The van der Waals surface area contributed by atoms with Gasteiger partial charge in [0, 0.05) is 45.6 Å². The van der Waals surface area contributed by atoms with Gasteiger partial charge in [-0.2, -0.15) is 26.3 Å². The zero-order valence-corrected chi connectivity index (χ0v) is 18.5. The predicted octanol–water partition coefficient (Wildman–Crippen LogP) is 6.08. The number of alkyl halides is 6. The minimum atomic E-state index is -5.99. The number of halogens is 6. The Morgan fingerprint density at radius 2 is 1.68 bits per heavy atom. The molecule has 3 heterocycles. The topological polar surface area (TPSA) is 76.2 Å². The van der Waals surface area contributed by atoms with Crippen molar-refractivity contribution in [3.8, 4) is 11.1 Å². The molecule has 0 radical (unpaired) electrons. The minimum absolute atomic E-state index is 0.0595. The lowest BCUT2D eigenvalue weighted by molar-refractivity contribution is -0.375. The monoisotopic (exact) mass is 518 g/mol. The number of pyridine rings is 1. The van der Waals surface area contributed by atoms with Crippen molar-refractivity contribution in [1.82, 2.24) is 9.97 Å². The Bertz CT molecular complexity index is 1400. The highest BCUT2D eigenvalue weighted by Gasteiger charge is 2.72. The van der Waals surface area contributed by atoms with Gasteiger partial charge in [-0.25, -0.2) is 9.78 Å². The van der Waals surface area contributed by atoms with E-state index in [1.165, 1.54) is 12.1 Å². The van der Waals surface area contributed by atoms with E-state index in [9.17, 15) is 36.2 Å². The molecule has 5 nitrogen and oxygen atoms in total. The van der Waals surface area contributed by atoms with Crippen molar-refractivity contribution in [3.05, 3.63) is 69.8 Å². The Kier molecular flexibility index (Phi) is 5.98. The van der Waals surface area contributed by atoms with Gasteiger partial charge in [-0.3, -0.25) is 4.98 Å². The molecule has 3 aromatic heterocycles. The lowest BCUT2D eigenvalue weighted by atomic mass is 10.0. The Morgan fingerprint density at radius 1 is 0.971 bits per heavy atom. The van der Waals surface area contributed by atoms with Crippen LogP contribution in [0, 0.1) is 6.92 Å². The molecular formula is C21H12F6N2O3S2. The lowest BCUT2D eigenvalue weighted by Gasteiger charge is -2.30. The summed E-state index contributed by atoms with van der Waals surface area (Å²) in [6.07, 6.45) is -10.1. The van der Waals surface area contributed by atoms with E-state index in [0.29, 0.717) is 27.6 Å². The summed E-state index contributed by atoms with van der Waals surface area (Å²) in [4.78, 5) is 18.8. The first-order chi connectivity index (χ1) is 15.8. The van der Waals surface area contributed by atoms with E-state index in [0.717, 1.165) is 17.5 Å². The fraction of sp³-hybridized carbons (Fsp3) is 0.190. The molecule has 0 aliphatic heterocycles. The fourth-order valence-corrected chi connectivity index (χ4v) is 5.20. The van der Waals surface area contributed by atoms with Crippen LogP contribution in [0.15, 0.2) is 67.2 Å². The van der Waals surface area contributed by atoms with Crippen LogP contribution in [0.5, 0.6) is 0 Å². The van der Waals surface area contributed by atoms with E-state index >= 15 is 0 Å². The number of aliphatic hydroxyl groups is 1. The number of nitrogens with zero attached hydrogens (tertiary/aromatic N) is 2. The molecule has 34 heavy (non-hydrogen) atoms. The first kappa shape index (κ1) is 24.2. The van der Waals surface area contributed by atoms with Gasteiger partial charge in [0.1, 0.15) is 5.58 Å². The van der Waals surface area contributed by atoms with Crippen LogP contribution in [0.1, 0.15) is 10.6 Å². The highest BCUT2D eigenvalue weighted by molar-refractivity contribution is 8.01. The second kappa shape index (κ2) is 8.40. The van der Waals surface area contributed by atoms with Crippen molar-refractivity contribution in [2.24, 2.45) is 0 Å². The van der Waals surface area contributed by atoms with E-state index < -0.39 is 28.5 Å². The quantitative estimate of drug-likeness (QED) is 0.261. The Hall–Kier alpha value is -2.90. The van der Waals surface area contributed by atoms with Crippen LogP contribution in [0.4, 0.5) is 26.3 Å². The van der Waals surface area contributed by atoms with E-state index in [1.807, 2.05) is 0 Å². The van der Waals surface area contributed by atoms with Crippen LogP contribution in [0.3, 0.4) is 0 Å². The molecule has 0 aliphatic carbocycles. The largest absolute Gasteiger partial charge is 0.431 e. The number of benzene rings is 1. The maximum Gasteiger partial charge on any atom is 0.431 e. The van der Waals surface area contributed by atoms with Crippen LogP contribution in [-0.4, -0.2) is 27.4 Å². The standard InChI is InChI=1S/C21H12F6N2O3S2/c1-10-2-3-11(8-28-10)14-7-17(30)32-15-6-12(4-5-13(14)15)33-18-29-9-16(34-18)19(31,20(22,23)24)21(25,26)27/h2-9,31H,1H3. The molecule has 0 aliphatic rings. The molecule has 0 saturated carbocycles. The van der Waals surface area contributed by atoms with E-state index in [1.54, 1.807) is 37.4 Å². The number of aryl methyl sites for hydroxylation is 1. The predicted molar refractivity (Wildman–Crippen MR) is 113 cm³/mol. The van der Waals surface area contributed by atoms with Crippen LogP contribution in [0.2, 0.25) is 0 Å². The molecule has 4 rings (SSSR count).